The van der Waals surface area contributed by atoms with Crippen LogP contribution in [0.4, 0.5) is 52.7 Å². The predicted molar refractivity (Wildman–Crippen MR) is 222 cm³/mol. The second-order valence-corrected chi connectivity index (χ2v) is 17.0. The molecule has 13 nitrogen and oxygen atoms in total. The molecule has 0 bridgehead atoms. The van der Waals surface area contributed by atoms with Crippen LogP contribution in [0.5, 0.6) is 0 Å². The Morgan fingerprint density at radius 3 is 0.667 bits per heavy atom. The van der Waals surface area contributed by atoms with Crippen molar-refractivity contribution in [2.45, 2.75) is 73.5 Å². The van der Waals surface area contributed by atoms with Gasteiger partial charge >= 0.3 is 24.7 Å². The summed E-state index contributed by atoms with van der Waals surface area (Å²) in [5.74, 6) is 0. The smallest absolute Gasteiger partial charge is 0.378 e. The molecule has 8 rings (SSSR count). The SMILES string of the molecule is FC(F)(F)C1(c2ccc(CN(CCOCCOCCOCCN(Cc3ccc(C4(C(F)(F)F)NN4)cc3)Cc3ccc(C4(C(F)(F)F)NN4)cc3)Cc3ccc(C4(C(F)(F)F)NN4)cc3)cc2)NN1. The van der Waals surface area contributed by atoms with Crippen LogP contribution in [0.3, 0.4) is 0 Å². The van der Waals surface area contributed by atoms with E-state index in [1.165, 1.54) is 48.5 Å². The zero-order valence-corrected chi connectivity index (χ0v) is 36.4. The number of ether oxygens (including phenoxy) is 3. The highest BCUT2D eigenvalue weighted by atomic mass is 19.4. The third-order valence-corrected chi connectivity index (χ3v) is 12.2. The highest BCUT2D eigenvalue weighted by Crippen LogP contribution is 2.45. The first-order valence-corrected chi connectivity index (χ1v) is 21.6. The zero-order chi connectivity index (χ0) is 49.4. The number of hydrazine groups is 4. The van der Waals surface area contributed by atoms with E-state index in [2.05, 4.69) is 43.4 Å². The van der Waals surface area contributed by atoms with E-state index < -0.39 is 47.4 Å². The molecule has 4 aromatic carbocycles. The summed E-state index contributed by atoms with van der Waals surface area (Å²) in [6, 6.07) is 23.6. The van der Waals surface area contributed by atoms with Crippen molar-refractivity contribution in [2.75, 3.05) is 52.7 Å². The van der Waals surface area contributed by atoms with Crippen molar-refractivity contribution in [1.82, 2.24) is 53.2 Å². The number of hydrogen-bond donors (Lipinski definition) is 8. The molecule has 4 heterocycles. The quantitative estimate of drug-likeness (QED) is 0.0240. The van der Waals surface area contributed by atoms with Crippen molar-refractivity contribution in [3.63, 3.8) is 0 Å². The maximum absolute atomic E-state index is 13.6. The normalized spacial score (nSPS) is 19.0. The minimum atomic E-state index is -4.57. The molecule has 8 N–H and O–H groups in total. The third kappa shape index (κ3) is 11.4. The summed E-state index contributed by atoms with van der Waals surface area (Å²) in [4.78, 5) is 3.90. The molecular formula is C44H48F12N10O3. The average Bonchev–Trinajstić information content (AvgIpc) is 4.09. The summed E-state index contributed by atoms with van der Waals surface area (Å²) in [7, 11) is 0. The Kier molecular flexibility index (Phi) is 14.5. The second-order valence-electron chi connectivity index (χ2n) is 17.0. The van der Waals surface area contributed by atoms with Gasteiger partial charge in [0, 0.05) is 39.3 Å². The summed E-state index contributed by atoms with van der Waals surface area (Å²) in [5, 5.41) is 0. The molecule has 0 spiro atoms. The lowest BCUT2D eigenvalue weighted by Crippen LogP contribution is -2.35. The standard InChI is InChI=1S/C44H48F12N10O3/c45-41(46,47)37(57-58-37)33-9-1-29(2-10-33)25-65(26-30-3-11-34(12-4-30)38(59-60-38)42(48,49)50)17-19-67-21-23-69-24-22-68-20-18-66(27-31-5-13-35(14-6-31)39(61-62-39)43(51,52)53)28-32-7-15-36(16-8-32)40(63-64-40)44(54,55)56/h1-16,57-64H,17-28H2. The Hall–Kier alpha value is -4.48. The molecule has 0 unspecified atom stereocenters. The van der Waals surface area contributed by atoms with Gasteiger partial charge in [0.05, 0.1) is 39.6 Å². The lowest BCUT2D eigenvalue weighted by molar-refractivity contribution is -0.166. The number of hydrogen-bond acceptors (Lipinski definition) is 13. The van der Waals surface area contributed by atoms with E-state index in [9.17, 15) is 52.7 Å². The highest BCUT2D eigenvalue weighted by Gasteiger charge is 2.67. The van der Waals surface area contributed by atoms with E-state index >= 15 is 0 Å². The minimum absolute atomic E-state index is 0.00788. The van der Waals surface area contributed by atoms with Gasteiger partial charge in [0.1, 0.15) is 0 Å². The van der Waals surface area contributed by atoms with Crippen LogP contribution in [-0.2, 0) is 63.0 Å². The fourth-order valence-electron chi connectivity index (χ4n) is 7.88. The van der Waals surface area contributed by atoms with Crippen LogP contribution in [0.2, 0.25) is 0 Å². The maximum atomic E-state index is 13.6. The van der Waals surface area contributed by atoms with Crippen LogP contribution in [0.25, 0.3) is 0 Å². The van der Waals surface area contributed by atoms with Crippen LogP contribution in [0.1, 0.15) is 44.5 Å². The molecule has 4 aliphatic heterocycles. The van der Waals surface area contributed by atoms with Gasteiger partial charge in [-0.3, -0.25) is 9.80 Å². The Balaban J connectivity index is 0.791. The van der Waals surface area contributed by atoms with E-state index in [1.807, 2.05) is 9.80 Å². The molecule has 4 aromatic rings. The molecule has 25 heteroatoms. The number of benzene rings is 4. The number of alkyl halides is 12. The molecule has 376 valence electrons. The molecule has 4 saturated heterocycles. The van der Waals surface area contributed by atoms with Gasteiger partial charge in [-0.05, 0) is 44.5 Å². The Morgan fingerprint density at radius 1 is 0.304 bits per heavy atom. The third-order valence-electron chi connectivity index (χ3n) is 12.2. The molecular weight excluding hydrogens is 945 g/mol. The van der Waals surface area contributed by atoms with Gasteiger partial charge in [-0.15, -0.1) is 0 Å². The van der Waals surface area contributed by atoms with Crippen molar-refractivity contribution in [1.29, 1.82) is 0 Å². The van der Waals surface area contributed by atoms with Gasteiger partial charge in [0.15, 0.2) is 0 Å². The van der Waals surface area contributed by atoms with E-state index in [0.717, 1.165) is 0 Å². The van der Waals surface area contributed by atoms with E-state index in [1.54, 1.807) is 48.5 Å². The minimum Gasteiger partial charge on any atom is -0.378 e. The summed E-state index contributed by atoms with van der Waals surface area (Å²) in [5.41, 5.74) is 10.9. The number of halogens is 12. The van der Waals surface area contributed by atoms with E-state index in [4.69, 9.17) is 14.2 Å². The van der Waals surface area contributed by atoms with Gasteiger partial charge in [0.2, 0.25) is 22.7 Å². The lowest BCUT2D eigenvalue weighted by Gasteiger charge is -2.24. The molecule has 4 fully saturated rings. The van der Waals surface area contributed by atoms with Gasteiger partial charge < -0.3 is 14.2 Å². The Labute approximate surface area is 387 Å². The molecule has 0 amide bonds. The zero-order valence-electron chi connectivity index (χ0n) is 36.4. The van der Waals surface area contributed by atoms with Gasteiger partial charge in [0.25, 0.3) is 0 Å². The van der Waals surface area contributed by atoms with E-state index in [0.29, 0.717) is 61.5 Å². The monoisotopic (exact) mass is 992 g/mol. The number of nitrogens with zero attached hydrogens (tertiary/aromatic N) is 2. The van der Waals surface area contributed by atoms with Crippen molar-refractivity contribution < 1.29 is 66.9 Å². The summed E-state index contributed by atoms with van der Waals surface area (Å²) >= 11 is 0. The fourth-order valence-corrected chi connectivity index (χ4v) is 7.88. The van der Waals surface area contributed by atoms with Crippen molar-refractivity contribution in [3.8, 4) is 0 Å². The summed E-state index contributed by atoms with van der Waals surface area (Å²) < 4.78 is 181. The molecule has 0 radical (unpaired) electrons. The lowest BCUT2D eigenvalue weighted by atomic mass is 10.0. The van der Waals surface area contributed by atoms with Crippen molar-refractivity contribution in [2.24, 2.45) is 0 Å². The topological polar surface area (TPSA) is 210 Å². The molecule has 0 aromatic heterocycles. The predicted octanol–water partition coefficient (Wildman–Crippen LogP) is 5.73. The second kappa shape index (κ2) is 19.6. The average molecular weight is 993 g/mol. The molecule has 0 aliphatic carbocycles. The first kappa shape index (κ1) is 50.9. The Bertz CT molecular complexity index is 2000. The van der Waals surface area contributed by atoms with Crippen LogP contribution in [0.15, 0.2) is 97.1 Å². The van der Waals surface area contributed by atoms with Crippen molar-refractivity contribution in [3.05, 3.63) is 142 Å². The first-order chi connectivity index (χ1) is 32.6. The van der Waals surface area contributed by atoms with Crippen LogP contribution in [0, 0.1) is 0 Å². The number of rotatable bonds is 24. The Morgan fingerprint density at radius 2 is 0.493 bits per heavy atom. The van der Waals surface area contributed by atoms with Crippen molar-refractivity contribution >= 4 is 0 Å². The summed E-state index contributed by atoms with van der Waals surface area (Å²) in [6.07, 6.45) is -18.3. The fraction of sp³-hybridized carbons (Fsp3) is 0.455. The van der Waals surface area contributed by atoms with Crippen LogP contribution < -0.4 is 43.4 Å². The maximum Gasteiger partial charge on any atom is 0.426 e. The molecule has 69 heavy (non-hydrogen) atoms. The van der Waals surface area contributed by atoms with Gasteiger partial charge in [-0.2, -0.15) is 52.7 Å². The number of nitrogens with one attached hydrogen (secondary N) is 8. The molecule has 0 atom stereocenters. The summed E-state index contributed by atoms with van der Waals surface area (Å²) in [6.45, 7) is 3.14. The van der Waals surface area contributed by atoms with Gasteiger partial charge in [-0.1, -0.05) is 97.1 Å². The van der Waals surface area contributed by atoms with Crippen LogP contribution >= 0.6 is 0 Å². The molecule has 0 saturated carbocycles. The van der Waals surface area contributed by atoms with Crippen LogP contribution in [-0.4, -0.2) is 87.2 Å². The van der Waals surface area contributed by atoms with Gasteiger partial charge in [-0.25, -0.2) is 43.4 Å². The van der Waals surface area contributed by atoms with E-state index in [-0.39, 0.29) is 61.9 Å². The largest absolute Gasteiger partial charge is 0.426 e. The highest BCUT2D eigenvalue weighted by molar-refractivity contribution is 5.36. The molecule has 4 aliphatic rings. The first-order valence-electron chi connectivity index (χ1n) is 21.6.